The van der Waals surface area contributed by atoms with Crippen molar-refractivity contribution in [2.45, 2.75) is 57.2 Å². The molecule has 6 rings (SSSR count). The number of hydrogen-bond acceptors (Lipinski definition) is 6. The molecule has 9 nitrogen and oxygen atoms in total. The third kappa shape index (κ3) is 6.06. The lowest BCUT2D eigenvalue weighted by Crippen LogP contribution is -2.44. The van der Waals surface area contributed by atoms with Gasteiger partial charge >= 0.3 is 0 Å². The van der Waals surface area contributed by atoms with Gasteiger partial charge < -0.3 is 20.0 Å². The number of aryl methyl sites for hydroxylation is 1. The average Bonchev–Trinajstić information content (AvgIpc) is 3.62. The van der Waals surface area contributed by atoms with E-state index in [1.165, 1.54) is 0 Å². The summed E-state index contributed by atoms with van der Waals surface area (Å²) in [5.74, 6) is -1.10. The third-order valence-corrected chi connectivity index (χ3v) is 8.98. The summed E-state index contributed by atoms with van der Waals surface area (Å²) < 4.78 is 1.74. The molecule has 3 atom stereocenters. The zero-order chi connectivity index (χ0) is 31.4. The molecule has 232 valence electrons. The van der Waals surface area contributed by atoms with E-state index in [0.717, 1.165) is 24.0 Å². The standard InChI is InChI=1S/C36H39N5O4/c1-26(12-8-10-20-39-24-32(37-38-39)30(25-42)28-15-6-3-7-16-28)36(45)31-22-29(40-21-11-9-17-34(40)43)18-19-33(31)41(35(36)44)23-27-13-4-2-5-14-27/h2-8,12-16,18-19,22,24,26,30,42,45H,9-11,17,20-21,23,25H2,1H3/b12-8+/t26-,30?,36+/m0/s1. The Kier molecular flexibility index (Phi) is 8.91. The maximum absolute atomic E-state index is 14.1. The second kappa shape index (κ2) is 13.2. The van der Waals surface area contributed by atoms with Crippen LogP contribution in [0.4, 0.5) is 11.4 Å². The van der Waals surface area contributed by atoms with Gasteiger partial charge in [0.2, 0.25) is 5.91 Å². The Morgan fingerprint density at radius 3 is 2.49 bits per heavy atom. The molecule has 2 aliphatic rings. The molecule has 3 aromatic carbocycles. The molecule has 1 fully saturated rings. The van der Waals surface area contributed by atoms with Crippen molar-refractivity contribution in [2.75, 3.05) is 23.0 Å². The number of carbonyl (C=O) groups excluding carboxylic acids is 2. The summed E-state index contributed by atoms with van der Waals surface area (Å²) in [5.41, 5.74) is 2.73. The number of aromatic nitrogens is 3. The number of anilines is 2. The van der Waals surface area contributed by atoms with Crippen molar-refractivity contribution in [1.29, 1.82) is 0 Å². The van der Waals surface area contributed by atoms with E-state index in [2.05, 4.69) is 10.3 Å². The van der Waals surface area contributed by atoms with Crippen molar-refractivity contribution < 1.29 is 19.8 Å². The Morgan fingerprint density at radius 2 is 1.76 bits per heavy atom. The zero-order valence-electron chi connectivity index (χ0n) is 25.5. The van der Waals surface area contributed by atoms with Crippen LogP contribution < -0.4 is 9.80 Å². The zero-order valence-corrected chi connectivity index (χ0v) is 25.5. The minimum Gasteiger partial charge on any atom is -0.395 e. The Bertz CT molecular complexity index is 1670. The number of allylic oxidation sites excluding steroid dienone is 1. The number of amides is 2. The first-order valence-electron chi connectivity index (χ1n) is 15.7. The first kappa shape index (κ1) is 30.4. The fraction of sp³-hybridized carbons (Fsp3) is 0.333. The highest BCUT2D eigenvalue weighted by Crippen LogP contribution is 2.47. The molecule has 1 aromatic heterocycles. The quantitative estimate of drug-likeness (QED) is 0.235. The van der Waals surface area contributed by atoms with E-state index in [0.29, 0.717) is 55.1 Å². The molecular formula is C36H39N5O4. The average molecular weight is 606 g/mol. The number of aliphatic hydroxyl groups excluding tert-OH is 1. The summed E-state index contributed by atoms with van der Waals surface area (Å²) in [6.45, 7) is 3.29. The van der Waals surface area contributed by atoms with Gasteiger partial charge in [0.25, 0.3) is 5.91 Å². The van der Waals surface area contributed by atoms with Gasteiger partial charge in [-0.25, -0.2) is 0 Å². The van der Waals surface area contributed by atoms with Gasteiger partial charge in [0, 0.05) is 42.9 Å². The second-order valence-electron chi connectivity index (χ2n) is 11.9. The van der Waals surface area contributed by atoms with Crippen molar-refractivity contribution in [3.63, 3.8) is 0 Å². The lowest BCUT2D eigenvalue weighted by atomic mass is 9.82. The second-order valence-corrected chi connectivity index (χ2v) is 11.9. The fourth-order valence-corrected chi connectivity index (χ4v) is 6.39. The number of aliphatic hydroxyl groups is 2. The third-order valence-electron chi connectivity index (χ3n) is 8.98. The molecule has 3 heterocycles. The summed E-state index contributed by atoms with van der Waals surface area (Å²) in [4.78, 5) is 30.2. The van der Waals surface area contributed by atoms with Crippen LogP contribution in [-0.2, 0) is 28.3 Å². The molecule has 0 aliphatic carbocycles. The molecule has 1 unspecified atom stereocenters. The molecule has 1 saturated heterocycles. The number of nitrogens with zero attached hydrogens (tertiary/aromatic N) is 5. The van der Waals surface area contributed by atoms with Gasteiger partial charge in [-0.1, -0.05) is 85.0 Å². The van der Waals surface area contributed by atoms with E-state index in [1.807, 2.05) is 104 Å². The summed E-state index contributed by atoms with van der Waals surface area (Å²) in [5, 5.41) is 30.8. The Balaban J connectivity index is 1.21. The van der Waals surface area contributed by atoms with Gasteiger partial charge in [-0.2, -0.15) is 0 Å². The predicted molar refractivity (Wildman–Crippen MR) is 172 cm³/mol. The van der Waals surface area contributed by atoms with Gasteiger partial charge in [0.15, 0.2) is 5.60 Å². The first-order valence-corrected chi connectivity index (χ1v) is 15.7. The van der Waals surface area contributed by atoms with Crippen molar-refractivity contribution in [1.82, 2.24) is 15.0 Å². The molecule has 45 heavy (non-hydrogen) atoms. The van der Waals surface area contributed by atoms with E-state index in [9.17, 15) is 19.8 Å². The molecule has 2 aliphatic heterocycles. The van der Waals surface area contributed by atoms with Crippen molar-refractivity contribution in [2.24, 2.45) is 5.92 Å². The van der Waals surface area contributed by atoms with Crippen molar-refractivity contribution in [3.05, 3.63) is 120 Å². The molecule has 2 amide bonds. The van der Waals surface area contributed by atoms with Crippen molar-refractivity contribution >= 4 is 23.2 Å². The largest absolute Gasteiger partial charge is 0.395 e. The van der Waals surface area contributed by atoms with Gasteiger partial charge in [-0.3, -0.25) is 14.3 Å². The number of rotatable bonds is 11. The summed E-state index contributed by atoms with van der Waals surface area (Å²) >= 11 is 0. The summed E-state index contributed by atoms with van der Waals surface area (Å²) in [6, 6.07) is 25.0. The Labute approximate surface area is 263 Å². The Hall–Kier alpha value is -4.60. The molecular weight excluding hydrogens is 566 g/mol. The molecule has 0 saturated carbocycles. The van der Waals surface area contributed by atoms with E-state index < -0.39 is 11.5 Å². The van der Waals surface area contributed by atoms with Crippen LogP contribution in [0.5, 0.6) is 0 Å². The maximum Gasteiger partial charge on any atom is 0.264 e. The van der Waals surface area contributed by atoms with Crippen LogP contribution in [0.3, 0.4) is 0 Å². The van der Waals surface area contributed by atoms with Crippen molar-refractivity contribution in [3.8, 4) is 0 Å². The van der Waals surface area contributed by atoms with Crippen LogP contribution in [0.1, 0.15) is 60.9 Å². The van der Waals surface area contributed by atoms with Crippen LogP contribution in [0, 0.1) is 5.92 Å². The van der Waals surface area contributed by atoms with Gasteiger partial charge in [0.1, 0.15) is 0 Å². The topological polar surface area (TPSA) is 112 Å². The number of fused-ring (bicyclic) bond motifs is 1. The van der Waals surface area contributed by atoms with E-state index >= 15 is 0 Å². The molecule has 2 N–H and O–H groups in total. The SMILES string of the molecule is C[C@@H](/C=C/CCn1cc(C(CO)c2ccccc2)nn1)[C@]1(O)C(=O)N(Cc2ccccc2)c2ccc(N3CCCCC3=O)cc21. The van der Waals surface area contributed by atoms with E-state index in [-0.39, 0.29) is 24.3 Å². The van der Waals surface area contributed by atoms with Crippen LogP contribution in [0.2, 0.25) is 0 Å². The molecule has 0 radical (unpaired) electrons. The lowest BCUT2D eigenvalue weighted by Gasteiger charge is -2.30. The predicted octanol–water partition coefficient (Wildman–Crippen LogP) is 4.94. The lowest BCUT2D eigenvalue weighted by molar-refractivity contribution is -0.139. The summed E-state index contributed by atoms with van der Waals surface area (Å²) in [6.07, 6.45) is 8.58. The maximum atomic E-state index is 14.1. The van der Waals surface area contributed by atoms with E-state index in [1.54, 1.807) is 14.5 Å². The van der Waals surface area contributed by atoms with E-state index in [4.69, 9.17) is 0 Å². The fourth-order valence-electron chi connectivity index (χ4n) is 6.39. The van der Waals surface area contributed by atoms with Crippen LogP contribution in [0.15, 0.2) is 97.2 Å². The number of hydrogen-bond donors (Lipinski definition) is 2. The molecule has 4 aromatic rings. The van der Waals surface area contributed by atoms with Crippen LogP contribution in [-0.4, -0.2) is 50.2 Å². The number of carbonyl (C=O) groups is 2. The smallest absolute Gasteiger partial charge is 0.264 e. The number of piperidine rings is 1. The summed E-state index contributed by atoms with van der Waals surface area (Å²) in [7, 11) is 0. The monoisotopic (exact) mass is 605 g/mol. The van der Waals surface area contributed by atoms with Gasteiger partial charge in [-0.15, -0.1) is 5.10 Å². The minimum absolute atomic E-state index is 0.0634. The highest BCUT2D eigenvalue weighted by Gasteiger charge is 2.52. The minimum atomic E-state index is -1.79. The van der Waals surface area contributed by atoms with Gasteiger partial charge in [0.05, 0.1) is 30.5 Å². The first-order chi connectivity index (χ1) is 21.9. The molecule has 0 spiro atoms. The molecule has 9 heteroatoms. The highest BCUT2D eigenvalue weighted by molar-refractivity contribution is 6.08. The molecule has 0 bridgehead atoms. The number of benzene rings is 3. The van der Waals surface area contributed by atoms with Gasteiger partial charge in [-0.05, 0) is 48.6 Å². The normalized spacial score (nSPS) is 19.7. The Morgan fingerprint density at radius 1 is 1.00 bits per heavy atom. The van der Waals surface area contributed by atoms with Crippen LogP contribution >= 0.6 is 0 Å². The van der Waals surface area contributed by atoms with Crippen LogP contribution in [0.25, 0.3) is 0 Å². The highest BCUT2D eigenvalue weighted by atomic mass is 16.3.